The molecule has 0 atom stereocenters. The van der Waals surface area contributed by atoms with Gasteiger partial charge in [-0.05, 0) is 32.5 Å². The summed E-state index contributed by atoms with van der Waals surface area (Å²) in [6.45, 7) is 10.6. The molecule has 0 unspecified atom stereocenters. The van der Waals surface area contributed by atoms with Crippen molar-refractivity contribution in [1.82, 2.24) is 25.1 Å². The maximum absolute atomic E-state index is 4.79. The van der Waals surface area contributed by atoms with E-state index < -0.39 is 0 Å². The van der Waals surface area contributed by atoms with Crippen molar-refractivity contribution in [1.29, 1.82) is 0 Å². The van der Waals surface area contributed by atoms with Crippen LogP contribution in [0, 0.1) is 6.92 Å². The van der Waals surface area contributed by atoms with Crippen LogP contribution in [0.25, 0.3) is 0 Å². The number of rotatable bonds is 6. The number of anilines is 1. The number of halogens is 1. The zero-order valence-corrected chi connectivity index (χ0v) is 20.9. The number of likely N-dealkylation sites (N-methyl/N-ethyl adjacent to an activating group) is 1. The van der Waals surface area contributed by atoms with Gasteiger partial charge in [0.05, 0.1) is 23.8 Å². The van der Waals surface area contributed by atoms with Gasteiger partial charge in [0.1, 0.15) is 5.82 Å². The van der Waals surface area contributed by atoms with E-state index in [2.05, 4.69) is 61.5 Å². The van der Waals surface area contributed by atoms with Crippen molar-refractivity contribution in [2.24, 2.45) is 4.99 Å². The van der Waals surface area contributed by atoms with Crippen molar-refractivity contribution < 1.29 is 0 Å². The molecule has 1 aliphatic rings. The van der Waals surface area contributed by atoms with Crippen molar-refractivity contribution in [2.75, 3.05) is 51.7 Å². The zero-order valence-electron chi connectivity index (χ0n) is 17.8. The van der Waals surface area contributed by atoms with Gasteiger partial charge < -0.3 is 20.0 Å². The number of thiazole rings is 1. The summed E-state index contributed by atoms with van der Waals surface area (Å²) in [6.07, 6.45) is 1.95. The molecule has 0 saturated carbocycles. The Morgan fingerprint density at radius 2 is 2.03 bits per heavy atom. The van der Waals surface area contributed by atoms with E-state index >= 15 is 0 Å². The van der Waals surface area contributed by atoms with Crippen molar-refractivity contribution in [2.45, 2.75) is 26.9 Å². The molecule has 3 rings (SSSR count). The molecular formula is C20H32IN7S. The molecule has 1 fully saturated rings. The Bertz CT molecular complexity index is 769. The SMILES string of the molecule is CCNC(=NCc1ccc(N2CCN(C)CC2)nc1)N(C)Cc1csc(C)n1.I. The van der Waals surface area contributed by atoms with E-state index in [1.54, 1.807) is 11.3 Å². The lowest BCUT2D eigenvalue weighted by atomic mass is 10.2. The highest BCUT2D eigenvalue weighted by molar-refractivity contribution is 14.0. The highest BCUT2D eigenvalue weighted by atomic mass is 127. The lowest BCUT2D eigenvalue weighted by Gasteiger charge is -2.33. The number of nitrogens with one attached hydrogen (secondary N) is 1. The predicted molar refractivity (Wildman–Crippen MR) is 132 cm³/mol. The minimum Gasteiger partial charge on any atom is -0.357 e. The third-order valence-corrected chi connectivity index (χ3v) is 5.63. The van der Waals surface area contributed by atoms with Gasteiger partial charge in [-0.15, -0.1) is 35.3 Å². The molecule has 3 heterocycles. The Labute approximate surface area is 195 Å². The molecule has 0 aromatic carbocycles. The van der Waals surface area contributed by atoms with Crippen LogP contribution < -0.4 is 10.2 Å². The van der Waals surface area contributed by atoms with Crippen molar-refractivity contribution in [3.8, 4) is 0 Å². The first-order chi connectivity index (χ1) is 13.5. The van der Waals surface area contributed by atoms with Crippen LogP contribution in [0.2, 0.25) is 0 Å². The van der Waals surface area contributed by atoms with E-state index in [1.807, 2.05) is 20.2 Å². The Morgan fingerprint density at radius 3 is 2.62 bits per heavy atom. The quantitative estimate of drug-likeness (QED) is 0.353. The molecule has 0 amide bonds. The Kier molecular flexibility index (Phi) is 9.57. The summed E-state index contributed by atoms with van der Waals surface area (Å²) in [6, 6.07) is 4.25. The van der Waals surface area contributed by atoms with Crippen molar-refractivity contribution in [3.05, 3.63) is 40.0 Å². The molecule has 1 aliphatic heterocycles. The minimum absolute atomic E-state index is 0. The summed E-state index contributed by atoms with van der Waals surface area (Å²) in [5.41, 5.74) is 2.19. The maximum Gasteiger partial charge on any atom is 0.194 e. The number of aryl methyl sites for hydroxylation is 1. The molecule has 9 heteroatoms. The summed E-state index contributed by atoms with van der Waals surface area (Å²) >= 11 is 1.68. The van der Waals surface area contributed by atoms with Crippen molar-refractivity contribution >= 4 is 47.1 Å². The highest BCUT2D eigenvalue weighted by Gasteiger charge is 2.15. The van der Waals surface area contributed by atoms with Crippen LogP contribution in [0.3, 0.4) is 0 Å². The molecule has 7 nitrogen and oxygen atoms in total. The smallest absolute Gasteiger partial charge is 0.194 e. The molecule has 1 saturated heterocycles. The van der Waals surface area contributed by atoms with Crippen LogP contribution in [-0.2, 0) is 13.1 Å². The van der Waals surface area contributed by atoms with Gasteiger partial charge in [-0.3, -0.25) is 0 Å². The number of nitrogens with zero attached hydrogens (tertiary/aromatic N) is 6. The van der Waals surface area contributed by atoms with Crippen LogP contribution >= 0.6 is 35.3 Å². The summed E-state index contributed by atoms with van der Waals surface area (Å²) < 4.78 is 0. The fraction of sp³-hybridized carbons (Fsp3) is 0.550. The first-order valence-corrected chi connectivity index (χ1v) is 10.7. The fourth-order valence-electron chi connectivity index (χ4n) is 3.17. The Morgan fingerprint density at radius 1 is 1.28 bits per heavy atom. The topological polar surface area (TPSA) is 59.9 Å². The second-order valence-corrected chi connectivity index (χ2v) is 8.26. The molecule has 2 aromatic rings. The van der Waals surface area contributed by atoms with E-state index in [1.165, 1.54) is 0 Å². The monoisotopic (exact) mass is 529 g/mol. The summed E-state index contributed by atoms with van der Waals surface area (Å²) in [4.78, 5) is 20.8. The lowest BCUT2D eigenvalue weighted by Crippen LogP contribution is -2.44. The van der Waals surface area contributed by atoms with Gasteiger partial charge in [0.2, 0.25) is 0 Å². The standard InChI is InChI=1S/C20H31N7S.HI/c1-5-21-20(26(4)14-18-15-28-16(2)24-18)23-13-17-6-7-19(22-12-17)27-10-8-25(3)9-11-27;/h6-7,12,15H,5,8-11,13-14H2,1-4H3,(H,21,23);1H. The number of aromatic nitrogens is 2. The normalized spacial score (nSPS) is 15.2. The number of aliphatic imine (C=N–C) groups is 1. The Balaban J connectivity index is 0.00000300. The van der Waals surface area contributed by atoms with Gasteiger partial charge in [0.25, 0.3) is 0 Å². The van der Waals surface area contributed by atoms with Gasteiger partial charge in [0.15, 0.2) is 5.96 Å². The molecule has 0 radical (unpaired) electrons. The average Bonchev–Trinajstić information content (AvgIpc) is 3.10. The van der Waals surface area contributed by atoms with E-state index in [4.69, 9.17) is 4.99 Å². The first kappa shape index (κ1) is 23.8. The molecule has 0 spiro atoms. The van der Waals surface area contributed by atoms with Crippen LogP contribution in [0.15, 0.2) is 28.7 Å². The molecule has 160 valence electrons. The number of guanidine groups is 1. The molecule has 29 heavy (non-hydrogen) atoms. The predicted octanol–water partition coefficient (Wildman–Crippen LogP) is 2.81. The van der Waals surface area contributed by atoms with E-state index in [-0.39, 0.29) is 24.0 Å². The van der Waals surface area contributed by atoms with Gasteiger partial charge >= 0.3 is 0 Å². The highest BCUT2D eigenvalue weighted by Crippen LogP contribution is 2.14. The third-order valence-electron chi connectivity index (χ3n) is 4.81. The molecule has 0 aliphatic carbocycles. The summed E-state index contributed by atoms with van der Waals surface area (Å²) in [7, 11) is 4.21. The van der Waals surface area contributed by atoms with Crippen LogP contribution in [0.1, 0.15) is 23.2 Å². The number of pyridine rings is 1. The maximum atomic E-state index is 4.79. The molecule has 0 bridgehead atoms. The minimum atomic E-state index is 0. The van der Waals surface area contributed by atoms with Gasteiger partial charge in [-0.1, -0.05) is 6.07 Å². The van der Waals surface area contributed by atoms with Crippen LogP contribution in [0.5, 0.6) is 0 Å². The van der Waals surface area contributed by atoms with Crippen LogP contribution in [-0.4, -0.2) is 72.5 Å². The molecule has 1 N–H and O–H groups in total. The average molecular weight is 529 g/mol. The Hall–Kier alpha value is -1.46. The van der Waals surface area contributed by atoms with Crippen molar-refractivity contribution in [3.63, 3.8) is 0 Å². The zero-order chi connectivity index (χ0) is 19.9. The molecular weight excluding hydrogens is 497 g/mol. The van der Waals surface area contributed by atoms with E-state index in [0.29, 0.717) is 6.54 Å². The second kappa shape index (κ2) is 11.7. The fourth-order valence-corrected chi connectivity index (χ4v) is 3.77. The van der Waals surface area contributed by atoms with Gasteiger partial charge in [0, 0.05) is 51.3 Å². The molecule has 2 aromatic heterocycles. The number of hydrogen-bond acceptors (Lipinski definition) is 6. The van der Waals surface area contributed by atoms with Crippen LogP contribution in [0.4, 0.5) is 5.82 Å². The van der Waals surface area contributed by atoms with E-state index in [0.717, 1.165) is 67.3 Å². The summed E-state index contributed by atoms with van der Waals surface area (Å²) in [5, 5.41) is 6.57. The van der Waals surface area contributed by atoms with Gasteiger partial charge in [-0.25, -0.2) is 15.0 Å². The largest absolute Gasteiger partial charge is 0.357 e. The number of piperazine rings is 1. The summed E-state index contributed by atoms with van der Waals surface area (Å²) in [5.74, 6) is 1.94. The second-order valence-electron chi connectivity index (χ2n) is 7.20. The lowest BCUT2D eigenvalue weighted by molar-refractivity contribution is 0.312. The first-order valence-electron chi connectivity index (χ1n) is 9.84. The number of hydrogen-bond donors (Lipinski definition) is 1. The van der Waals surface area contributed by atoms with E-state index in [9.17, 15) is 0 Å². The third kappa shape index (κ3) is 7.07. The van der Waals surface area contributed by atoms with Gasteiger partial charge in [-0.2, -0.15) is 0 Å².